The van der Waals surface area contributed by atoms with Gasteiger partial charge in [0.15, 0.2) is 5.78 Å². The van der Waals surface area contributed by atoms with Crippen molar-refractivity contribution >= 4 is 17.2 Å². The predicted molar refractivity (Wildman–Crippen MR) is 87.7 cm³/mol. The van der Waals surface area contributed by atoms with E-state index in [9.17, 15) is 4.79 Å². The number of carbonyl (C=O) groups is 1. The summed E-state index contributed by atoms with van der Waals surface area (Å²) < 4.78 is 0. The maximum atomic E-state index is 11.7. The SMILES string of the molecule is CC(=O)/C(CCc1ccccc1)=N\Nc1ccccc1C. The Bertz CT molecular complexity index is 633. The largest absolute Gasteiger partial charge is 0.293 e. The normalized spacial score (nSPS) is 11.2. The zero-order valence-corrected chi connectivity index (χ0v) is 12.5. The number of hydrazone groups is 1. The molecule has 0 saturated carbocycles. The Kier molecular flexibility index (Phi) is 5.27. The van der Waals surface area contributed by atoms with Crippen LogP contribution in [-0.4, -0.2) is 11.5 Å². The van der Waals surface area contributed by atoms with Gasteiger partial charge in [-0.25, -0.2) is 0 Å². The molecule has 3 nitrogen and oxygen atoms in total. The third kappa shape index (κ3) is 4.56. The molecule has 0 atom stereocenters. The Labute approximate surface area is 125 Å². The van der Waals surface area contributed by atoms with Crippen molar-refractivity contribution in [1.82, 2.24) is 0 Å². The molecular weight excluding hydrogens is 260 g/mol. The minimum Gasteiger partial charge on any atom is -0.293 e. The van der Waals surface area contributed by atoms with Crippen molar-refractivity contribution in [2.24, 2.45) is 5.10 Å². The fourth-order valence-electron chi connectivity index (χ4n) is 2.04. The Balaban J connectivity index is 2.03. The summed E-state index contributed by atoms with van der Waals surface area (Å²) >= 11 is 0. The number of benzene rings is 2. The summed E-state index contributed by atoms with van der Waals surface area (Å²) in [5.74, 6) is 0.00650. The van der Waals surface area contributed by atoms with Crippen molar-refractivity contribution in [3.63, 3.8) is 0 Å². The van der Waals surface area contributed by atoms with Crippen LogP contribution < -0.4 is 5.43 Å². The van der Waals surface area contributed by atoms with E-state index in [4.69, 9.17) is 0 Å². The van der Waals surface area contributed by atoms with Gasteiger partial charge in [-0.2, -0.15) is 5.10 Å². The molecule has 0 radical (unpaired) electrons. The molecule has 0 aromatic heterocycles. The molecule has 3 heteroatoms. The molecule has 0 amide bonds. The molecule has 0 spiro atoms. The highest BCUT2D eigenvalue weighted by molar-refractivity contribution is 6.39. The van der Waals surface area contributed by atoms with Gasteiger partial charge in [0.05, 0.1) is 5.69 Å². The summed E-state index contributed by atoms with van der Waals surface area (Å²) in [4.78, 5) is 11.7. The molecule has 0 bridgehead atoms. The summed E-state index contributed by atoms with van der Waals surface area (Å²) in [6, 6.07) is 18.0. The van der Waals surface area contributed by atoms with E-state index in [-0.39, 0.29) is 5.78 Å². The first-order chi connectivity index (χ1) is 10.2. The van der Waals surface area contributed by atoms with Crippen molar-refractivity contribution < 1.29 is 4.79 Å². The second-order valence-corrected chi connectivity index (χ2v) is 5.03. The number of carbonyl (C=O) groups excluding carboxylic acids is 1. The first kappa shape index (κ1) is 15.0. The monoisotopic (exact) mass is 280 g/mol. The molecule has 0 aliphatic rings. The van der Waals surface area contributed by atoms with Gasteiger partial charge in [-0.1, -0.05) is 48.5 Å². The highest BCUT2D eigenvalue weighted by Gasteiger charge is 2.07. The molecule has 0 saturated heterocycles. The summed E-state index contributed by atoms with van der Waals surface area (Å²) in [6.45, 7) is 3.57. The van der Waals surface area contributed by atoms with Gasteiger partial charge in [0, 0.05) is 6.92 Å². The van der Waals surface area contributed by atoms with Gasteiger partial charge in [0.2, 0.25) is 0 Å². The zero-order chi connectivity index (χ0) is 15.1. The number of anilines is 1. The lowest BCUT2D eigenvalue weighted by atomic mass is 10.1. The smallest absolute Gasteiger partial charge is 0.175 e. The van der Waals surface area contributed by atoms with Crippen LogP contribution in [0.5, 0.6) is 0 Å². The number of hydrogen-bond acceptors (Lipinski definition) is 3. The van der Waals surface area contributed by atoms with E-state index in [1.54, 1.807) is 6.92 Å². The third-order valence-corrected chi connectivity index (χ3v) is 3.36. The summed E-state index contributed by atoms with van der Waals surface area (Å²) in [7, 11) is 0. The lowest BCUT2D eigenvalue weighted by molar-refractivity contribution is -0.111. The quantitative estimate of drug-likeness (QED) is 0.642. The van der Waals surface area contributed by atoms with Gasteiger partial charge < -0.3 is 0 Å². The van der Waals surface area contributed by atoms with Crippen molar-refractivity contribution in [3.8, 4) is 0 Å². The fourth-order valence-corrected chi connectivity index (χ4v) is 2.04. The van der Waals surface area contributed by atoms with E-state index in [0.717, 1.165) is 17.7 Å². The van der Waals surface area contributed by atoms with Crippen LogP contribution in [0.25, 0.3) is 0 Å². The molecule has 21 heavy (non-hydrogen) atoms. The molecule has 1 N–H and O–H groups in total. The standard InChI is InChI=1S/C18H20N2O/c1-14-8-6-7-11-17(14)19-20-18(15(2)21)13-12-16-9-4-3-5-10-16/h3-11,19H,12-13H2,1-2H3/b20-18-. The molecule has 0 aliphatic heterocycles. The van der Waals surface area contributed by atoms with E-state index in [2.05, 4.69) is 22.7 Å². The van der Waals surface area contributed by atoms with Crippen LogP contribution in [0.1, 0.15) is 24.5 Å². The van der Waals surface area contributed by atoms with Crippen molar-refractivity contribution in [2.45, 2.75) is 26.7 Å². The maximum absolute atomic E-state index is 11.7. The molecule has 108 valence electrons. The third-order valence-electron chi connectivity index (χ3n) is 3.36. The number of para-hydroxylation sites is 1. The predicted octanol–water partition coefficient (Wildman–Crippen LogP) is 3.98. The molecule has 2 aromatic carbocycles. The first-order valence-corrected chi connectivity index (χ1v) is 7.10. The van der Waals surface area contributed by atoms with Crippen LogP contribution in [0.3, 0.4) is 0 Å². The number of aryl methyl sites for hydroxylation is 2. The second-order valence-electron chi connectivity index (χ2n) is 5.03. The molecule has 0 fully saturated rings. The fraction of sp³-hybridized carbons (Fsp3) is 0.222. The topological polar surface area (TPSA) is 41.5 Å². The summed E-state index contributed by atoms with van der Waals surface area (Å²) in [5, 5.41) is 4.29. The van der Waals surface area contributed by atoms with Gasteiger partial charge in [0.25, 0.3) is 0 Å². The lowest BCUT2D eigenvalue weighted by Gasteiger charge is -2.07. The van der Waals surface area contributed by atoms with Gasteiger partial charge >= 0.3 is 0 Å². The van der Waals surface area contributed by atoms with Crippen LogP contribution >= 0.6 is 0 Å². The van der Waals surface area contributed by atoms with Crippen LogP contribution in [-0.2, 0) is 11.2 Å². The maximum Gasteiger partial charge on any atom is 0.175 e. The van der Waals surface area contributed by atoms with Gasteiger partial charge in [0.1, 0.15) is 5.71 Å². The number of Topliss-reactive ketones (excluding diaryl/α,β-unsaturated/α-hetero) is 1. The second kappa shape index (κ2) is 7.39. The number of nitrogens with zero attached hydrogens (tertiary/aromatic N) is 1. The van der Waals surface area contributed by atoms with E-state index < -0.39 is 0 Å². The van der Waals surface area contributed by atoms with Crippen molar-refractivity contribution in [2.75, 3.05) is 5.43 Å². The minimum absolute atomic E-state index is 0.00650. The number of ketones is 1. The van der Waals surface area contributed by atoms with E-state index in [0.29, 0.717) is 12.1 Å². The van der Waals surface area contributed by atoms with Gasteiger partial charge in [-0.3, -0.25) is 10.2 Å². The van der Waals surface area contributed by atoms with E-state index in [1.165, 1.54) is 5.56 Å². The first-order valence-electron chi connectivity index (χ1n) is 7.10. The Morgan fingerprint density at radius 1 is 1.05 bits per heavy atom. The summed E-state index contributed by atoms with van der Waals surface area (Å²) in [5.41, 5.74) is 6.81. The average Bonchev–Trinajstić information content (AvgIpc) is 2.49. The number of rotatable bonds is 6. The van der Waals surface area contributed by atoms with Crippen LogP contribution in [0.15, 0.2) is 59.7 Å². The Morgan fingerprint density at radius 3 is 2.38 bits per heavy atom. The zero-order valence-electron chi connectivity index (χ0n) is 12.5. The van der Waals surface area contributed by atoms with Crippen LogP contribution in [0, 0.1) is 6.92 Å². The Morgan fingerprint density at radius 2 is 1.71 bits per heavy atom. The average molecular weight is 280 g/mol. The molecule has 2 aromatic rings. The lowest BCUT2D eigenvalue weighted by Crippen LogP contribution is -2.13. The molecule has 0 unspecified atom stereocenters. The molecule has 0 heterocycles. The minimum atomic E-state index is 0.00650. The van der Waals surface area contributed by atoms with Gasteiger partial charge in [-0.05, 0) is 37.0 Å². The number of hydrogen-bond donors (Lipinski definition) is 1. The van der Waals surface area contributed by atoms with Gasteiger partial charge in [-0.15, -0.1) is 0 Å². The Hall–Kier alpha value is -2.42. The summed E-state index contributed by atoms with van der Waals surface area (Å²) in [6.07, 6.45) is 1.45. The van der Waals surface area contributed by atoms with Crippen molar-refractivity contribution in [1.29, 1.82) is 0 Å². The number of nitrogens with one attached hydrogen (secondary N) is 1. The van der Waals surface area contributed by atoms with Crippen LogP contribution in [0.4, 0.5) is 5.69 Å². The molecule has 0 aliphatic carbocycles. The molecular formula is C18H20N2O. The van der Waals surface area contributed by atoms with E-state index in [1.807, 2.05) is 49.4 Å². The highest BCUT2D eigenvalue weighted by Crippen LogP contribution is 2.13. The highest BCUT2D eigenvalue weighted by atomic mass is 16.1. The van der Waals surface area contributed by atoms with Crippen LogP contribution in [0.2, 0.25) is 0 Å². The van der Waals surface area contributed by atoms with Crippen molar-refractivity contribution in [3.05, 3.63) is 65.7 Å². The molecule has 2 rings (SSSR count). The van der Waals surface area contributed by atoms with E-state index >= 15 is 0 Å².